The first-order chi connectivity index (χ1) is 12.4. The number of amides is 1. The second kappa shape index (κ2) is 7.51. The molecule has 0 fully saturated rings. The van der Waals surface area contributed by atoms with Crippen LogP contribution in [0.5, 0.6) is 0 Å². The van der Waals surface area contributed by atoms with E-state index in [-0.39, 0.29) is 17.2 Å². The molecule has 1 heterocycles. The van der Waals surface area contributed by atoms with Crippen LogP contribution in [0.1, 0.15) is 11.1 Å². The Kier molecular flexibility index (Phi) is 5.34. The fourth-order valence-corrected chi connectivity index (χ4v) is 3.50. The number of aryl methyl sites for hydroxylation is 1. The molecule has 0 aliphatic carbocycles. The van der Waals surface area contributed by atoms with Gasteiger partial charge in [-0.15, -0.1) is 0 Å². The molecule has 0 aliphatic heterocycles. The van der Waals surface area contributed by atoms with Crippen LogP contribution < -0.4 is 10.9 Å². The van der Waals surface area contributed by atoms with Crippen molar-refractivity contribution < 1.29 is 4.79 Å². The van der Waals surface area contributed by atoms with E-state index in [2.05, 4.69) is 10.3 Å². The van der Waals surface area contributed by atoms with Crippen LogP contribution in [0, 0.1) is 13.8 Å². The number of benzene rings is 2. The Hall–Kier alpha value is -2.31. The lowest BCUT2D eigenvalue weighted by Gasteiger charge is -2.11. The zero-order chi connectivity index (χ0) is 18.8. The van der Waals surface area contributed by atoms with Crippen molar-refractivity contribution in [3.05, 3.63) is 62.9 Å². The predicted octanol–water partition coefficient (Wildman–Crippen LogP) is 3.93. The summed E-state index contributed by atoms with van der Waals surface area (Å²) < 4.78 is 1.48. The number of anilines is 1. The molecule has 1 N–H and O–H groups in total. The van der Waals surface area contributed by atoms with Gasteiger partial charge in [-0.05, 0) is 43.7 Å². The van der Waals surface area contributed by atoms with Gasteiger partial charge in [0.25, 0.3) is 5.56 Å². The molecule has 0 saturated heterocycles. The van der Waals surface area contributed by atoms with Crippen molar-refractivity contribution in [2.24, 2.45) is 7.05 Å². The largest absolute Gasteiger partial charge is 0.325 e. The van der Waals surface area contributed by atoms with Crippen molar-refractivity contribution >= 4 is 45.9 Å². The summed E-state index contributed by atoms with van der Waals surface area (Å²) in [6.45, 7) is 3.78. The van der Waals surface area contributed by atoms with E-state index < -0.39 is 0 Å². The molecule has 0 atom stereocenters. The molecule has 0 saturated carbocycles. The second-order valence-electron chi connectivity index (χ2n) is 6.03. The van der Waals surface area contributed by atoms with E-state index in [4.69, 9.17) is 11.6 Å². The molecule has 0 radical (unpaired) electrons. The molecule has 0 aliphatic rings. The lowest BCUT2D eigenvalue weighted by atomic mass is 10.2. The Morgan fingerprint density at radius 3 is 2.81 bits per heavy atom. The molecule has 3 rings (SSSR count). The highest BCUT2D eigenvalue weighted by Gasteiger charge is 2.12. The zero-order valence-corrected chi connectivity index (χ0v) is 16.2. The van der Waals surface area contributed by atoms with Gasteiger partial charge in [0.2, 0.25) is 5.91 Å². The smallest absolute Gasteiger partial charge is 0.261 e. The average molecular weight is 388 g/mol. The van der Waals surface area contributed by atoms with Crippen LogP contribution in [0.25, 0.3) is 10.9 Å². The highest BCUT2D eigenvalue weighted by molar-refractivity contribution is 7.99. The summed E-state index contributed by atoms with van der Waals surface area (Å²) in [4.78, 5) is 29.3. The maximum Gasteiger partial charge on any atom is 0.261 e. The van der Waals surface area contributed by atoms with Crippen LogP contribution in [-0.2, 0) is 11.8 Å². The van der Waals surface area contributed by atoms with Crippen molar-refractivity contribution in [2.75, 3.05) is 11.1 Å². The number of nitrogens with one attached hydrogen (secondary N) is 1. The normalized spacial score (nSPS) is 10.9. The van der Waals surface area contributed by atoms with Gasteiger partial charge < -0.3 is 5.32 Å². The van der Waals surface area contributed by atoms with Crippen molar-refractivity contribution in [3.8, 4) is 0 Å². The van der Waals surface area contributed by atoms with Crippen LogP contribution in [-0.4, -0.2) is 21.2 Å². The fourth-order valence-electron chi connectivity index (χ4n) is 2.55. The molecule has 0 bridgehead atoms. The van der Waals surface area contributed by atoms with Crippen molar-refractivity contribution in [2.45, 2.75) is 19.0 Å². The van der Waals surface area contributed by atoms with Crippen molar-refractivity contribution in [1.29, 1.82) is 0 Å². The minimum absolute atomic E-state index is 0.118. The van der Waals surface area contributed by atoms with Crippen LogP contribution in [0.15, 0.2) is 46.3 Å². The lowest BCUT2D eigenvalue weighted by molar-refractivity contribution is -0.113. The van der Waals surface area contributed by atoms with Gasteiger partial charge in [-0.25, -0.2) is 4.98 Å². The maximum absolute atomic E-state index is 12.5. The molecule has 1 aromatic heterocycles. The third kappa shape index (κ3) is 3.76. The van der Waals surface area contributed by atoms with Gasteiger partial charge in [0.1, 0.15) is 0 Å². The number of nitrogens with zero attached hydrogens (tertiary/aromatic N) is 2. The standard InChI is InChI=1S/C19H18ClN3O2S/c1-11-7-8-16-13(9-11)18(25)23(3)19(22-16)26-10-17(24)21-15-6-4-5-14(20)12(15)2/h4-9H,10H2,1-3H3,(H,21,24). The monoisotopic (exact) mass is 387 g/mol. The molecule has 26 heavy (non-hydrogen) atoms. The molecule has 134 valence electrons. The quantitative estimate of drug-likeness (QED) is 0.544. The van der Waals surface area contributed by atoms with Gasteiger partial charge in [0, 0.05) is 17.8 Å². The topological polar surface area (TPSA) is 64.0 Å². The highest BCUT2D eigenvalue weighted by atomic mass is 35.5. The number of hydrogen-bond acceptors (Lipinski definition) is 4. The molecule has 0 unspecified atom stereocenters. The summed E-state index contributed by atoms with van der Waals surface area (Å²) in [5.41, 5.74) is 3.02. The number of carbonyl (C=O) groups is 1. The number of halogens is 1. The minimum atomic E-state index is -0.182. The van der Waals surface area contributed by atoms with E-state index >= 15 is 0 Å². The van der Waals surface area contributed by atoms with Crippen LogP contribution in [0.2, 0.25) is 5.02 Å². The minimum Gasteiger partial charge on any atom is -0.325 e. The number of hydrogen-bond donors (Lipinski definition) is 1. The summed E-state index contributed by atoms with van der Waals surface area (Å²) in [6, 6.07) is 10.9. The number of thioether (sulfide) groups is 1. The SMILES string of the molecule is Cc1ccc2nc(SCC(=O)Nc3cccc(Cl)c3C)n(C)c(=O)c2c1. The summed E-state index contributed by atoms with van der Waals surface area (Å²) in [5.74, 6) is -0.0394. The van der Waals surface area contributed by atoms with Gasteiger partial charge >= 0.3 is 0 Å². The summed E-state index contributed by atoms with van der Waals surface area (Å²) >= 11 is 7.29. The molecule has 3 aromatic rings. The molecular weight excluding hydrogens is 370 g/mol. The number of rotatable bonds is 4. The van der Waals surface area contributed by atoms with Crippen LogP contribution >= 0.6 is 23.4 Å². The molecular formula is C19H18ClN3O2S. The van der Waals surface area contributed by atoms with Gasteiger partial charge in [-0.2, -0.15) is 0 Å². The third-order valence-electron chi connectivity index (χ3n) is 4.06. The summed E-state index contributed by atoms with van der Waals surface area (Å²) in [6.07, 6.45) is 0. The Morgan fingerprint density at radius 1 is 1.27 bits per heavy atom. The number of carbonyl (C=O) groups excluding carboxylic acids is 1. The zero-order valence-electron chi connectivity index (χ0n) is 14.7. The van der Waals surface area contributed by atoms with E-state index in [1.54, 1.807) is 25.2 Å². The molecule has 0 spiro atoms. The van der Waals surface area contributed by atoms with Gasteiger partial charge in [-0.1, -0.05) is 41.1 Å². The Labute approximate surface area is 160 Å². The van der Waals surface area contributed by atoms with Gasteiger partial charge in [-0.3, -0.25) is 14.2 Å². The first kappa shape index (κ1) is 18.5. The summed E-state index contributed by atoms with van der Waals surface area (Å²) in [5, 5.41) is 4.53. The van der Waals surface area contributed by atoms with E-state index in [0.717, 1.165) is 11.1 Å². The van der Waals surface area contributed by atoms with Gasteiger partial charge in [0.05, 0.1) is 16.7 Å². The number of fused-ring (bicyclic) bond motifs is 1. The predicted molar refractivity (Wildman–Crippen MR) is 107 cm³/mol. The lowest BCUT2D eigenvalue weighted by Crippen LogP contribution is -2.21. The second-order valence-corrected chi connectivity index (χ2v) is 7.38. The molecule has 5 nitrogen and oxygen atoms in total. The van der Waals surface area contributed by atoms with E-state index in [9.17, 15) is 9.59 Å². The fraction of sp³-hybridized carbons (Fsp3) is 0.211. The van der Waals surface area contributed by atoms with Crippen molar-refractivity contribution in [1.82, 2.24) is 9.55 Å². The highest BCUT2D eigenvalue weighted by Crippen LogP contribution is 2.24. The van der Waals surface area contributed by atoms with Crippen LogP contribution in [0.4, 0.5) is 5.69 Å². The van der Waals surface area contributed by atoms with Crippen molar-refractivity contribution in [3.63, 3.8) is 0 Å². The average Bonchev–Trinajstić information content (AvgIpc) is 2.61. The van der Waals surface area contributed by atoms with Gasteiger partial charge in [0.15, 0.2) is 5.16 Å². The van der Waals surface area contributed by atoms with E-state index in [1.807, 2.05) is 32.0 Å². The van der Waals surface area contributed by atoms with Crippen LogP contribution in [0.3, 0.4) is 0 Å². The van der Waals surface area contributed by atoms with E-state index in [1.165, 1.54) is 16.3 Å². The molecule has 2 aromatic carbocycles. The first-order valence-corrected chi connectivity index (χ1v) is 9.38. The molecule has 1 amide bonds. The Bertz CT molecular complexity index is 1060. The first-order valence-electron chi connectivity index (χ1n) is 8.02. The summed E-state index contributed by atoms with van der Waals surface area (Å²) in [7, 11) is 1.67. The Balaban J connectivity index is 1.78. The maximum atomic E-state index is 12.5. The Morgan fingerprint density at radius 2 is 2.04 bits per heavy atom. The van der Waals surface area contributed by atoms with E-state index in [0.29, 0.717) is 26.8 Å². The third-order valence-corrected chi connectivity index (χ3v) is 5.50. The molecule has 7 heteroatoms. The number of aromatic nitrogens is 2.